The van der Waals surface area contributed by atoms with Crippen molar-refractivity contribution in [1.82, 2.24) is 14.8 Å². The summed E-state index contributed by atoms with van der Waals surface area (Å²) in [6.45, 7) is 10.4. The molecular formula is C22H29N5O. The maximum Gasteiger partial charge on any atom is 0.101 e. The predicted molar refractivity (Wildman–Crippen MR) is 112 cm³/mol. The summed E-state index contributed by atoms with van der Waals surface area (Å²) in [7, 11) is 2.19. The van der Waals surface area contributed by atoms with Crippen LogP contribution in [0.25, 0.3) is 10.9 Å². The average molecular weight is 380 g/mol. The summed E-state index contributed by atoms with van der Waals surface area (Å²) in [4.78, 5) is 11.8. The number of piperazine rings is 1. The highest BCUT2D eigenvalue weighted by atomic mass is 16.5. The van der Waals surface area contributed by atoms with Crippen LogP contribution in [0.15, 0.2) is 30.5 Å². The lowest BCUT2D eigenvalue weighted by molar-refractivity contribution is -0.0449. The third-order valence-corrected chi connectivity index (χ3v) is 5.94. The second-order valence-electron chi connectivity index (χ2n) is 8.22. The number of hydrogen-bond donors (Lipinski definition) is 0. The molecule has 148 valence electrons. The number of rotatable bonds is 3. The maximum absolute atomic E-state index is 9.41. The van der Waals surface area contributed by atoms with Gasteiger partial charge < -0.3 is 14.5 Å². The summed E-state index contributed by atoms with van der Waals surface area (Å²) >= 11 is 0. The van der Waals surface area contributed by atoms with Gasteiger partial charge >= 0.3 is 0 Å². The van der Waals surface area contributed by atoms with Gasteiger partial charge in [-0.05, 0) is 45.2 Å². The Bertz CT molecular complexity index is 879. The van der Waals surface area contributed by atoms with Gasteiger partial charge in [0.15, 0.2) is 0 Å². The summed E-state index contributed by atoms with van der Waals surface area (Å²) < 4.78 is 6.31. The molecule has 0 spiro atoms. The van der Waals surface area contributed by atoms with E-state index in [2.05, 4.69) is 58.8 Å². The molecule has 2 aliphatic rings. The van der Waals surface area contributed by atoms with Crippen LogP contribution in [0, 0.1) is 11.3 Å². The van der Waals surface area contributed by atoms with Crippen LogP contribution >= 0.6 is 0 Å². The number of ether oxygens (including phenoxy) is 1. The van der Waals surface area contributed by atoms with Crippen molar-refractivity contribution in [2.75, 3.05) is 51.2 Å². The van der Waals surface area contributed by atoms with Crippen LogP contribution in [0.3, 0.4) is 0 Å². The Kier molecular flexibility index (Phi) is 5.49. The van der Waals surface area contributed by atoms with E-state index in [-0.39, 0.29) is 12.2 Å². The molecule has 6 nitrogen and oxygen atoms in total. The molecule has 2 aliphatic heterocycles. The molecule has 0 saturated carbocycles. The topological polar surface area (TPSA) is 55.6 Å². The van der Waals surface area contributed by atoms with Gasteiger partial charge in [0.05, 0.1) is 23.3 Å². The lowest BCUT2D eigenvalue weighted by Gasteiger charge is -2.44. The molecule has 2 fully saturated rings. The summed E-state index contributed by atoms with van der Waals surface area (Å²) in [5, 5.41) is 10.5. The number of pyridine rings is 1. The van der Waals surface area contributed by atoms with Crippen LogP contribution in [-0.2, 0) is 4.74 Å². The minimum absolute atomic E-state index is 0.170. The lowest BCUT2D eigenvalue weighted by atomic mass is 10.1. The minimum Gasteiger partial charge on any atom is -0.370 e. The van der Waals surface area contributed by atoms with Gasteiger partial charge in [-0.25, -0.2) is 0 Å². The van der Waals surface area contributed by atoms with E-state index in [0.717, 1.165) is 55.9 Å². The Balaban J connectivity index is 1.56. The van der Waals surface area contributed by atoms with Crippen molar-refractivity contribution in [3.8, 4) is 6.07 Å². The molecule has 3 atom stereocenters. The molecule has 0 aliphatic carbocycles. The van der Waals surface area contributed by atoms with E-state index in [1.165, 1.54) is 0 Å². The van der Waals surface area contributed by atoms with Gasteiger partial charge in [-0.1, -0.05) is 0 Å². The number of nitriles is 1. The van der Waals surface area contributed by atoms with E-state index < -0.39 is 0 Å². The standard InChI is InChI=1S/C22H29N5O/c1-16-12-25(3)9-10-26(16)14-19-15-27(13-17(2)28-19)21-7-6-18(11-23)22-20(21)5-4-8-24-22/h4-8,16-17,19H,9-10,12-15H2,1-3H3/t16-,17+,19-/m0/s1. The molecule has 0 radical (unpaired) electrons. The Morgan fingerprint density at radius 3 is 2.82 bits per heavy atom. The first-order valence-corrected chi connectivity index (χ1v) is 10.2. The van der Waals surface area contributed by atoms with Crippen LogP contribution in [-0.4, -0.2) is 79.3 Å². The average Bonchev–Trinajstić information content (AvgIpc) is 2.69. The molecule has 2 saturated heterocycles. The number of aromatic nitrogens is 1. The fourth-order valence-electron chi connectivity index (χ4n) is 4.58. The molecule has 0 unspecified atom stereocenters. The number of anilines is 1. The molecule has 0 bridgehead atoms. The zero-order valence-electron chi connectivity index (χ0n) is 17.0. The monoisotopic (exact) mass is 379 g/mol. The van der Waals surface area contributed by atoms with Crippen LogP contribution in [0.1, 0.15) is 19.4 Å². The third-order valence-electron chi connectivity index (χ3n) is 5.94. The van der Waals surface area contributed by atoms with Gasteiger partial charge in [0.25, 0.3) is 0 Å². The predicted octanol–water partition coefficient (Wildman–Crippen LogP) is 2.34. The first-order chi connectivity index (χ1) is 13.5. The molecule has 1 aromatic heterocycles. The second-order valence-corrected chi connectivity index (χ2v) is 8.22. The number of hydrogen-bond acceptors (Lipinski definition) is 6. The van der Waals surface area contributed by atoms with Crippen molar-refractivity contribution < 1.29 is 4.74 Å². The summed E-state index contributed by atoms with van der Waals surface area (Å²) in [6, 6.07) is 10.8. The summed E-state index contributed by atoms with van der Waals surface area (Å²) in [6.07, 6.45) is 2.10. The highest BCUT2D eigenvalue weighted by Gasteiger charge is 2.30. The fourth-order valence-corrected chi connectivity index (χ4v) is 4.58. The number of fused-ring (bicyclic) bond motifs is 1. The van der Waals surface area contributed by atoms with Gasteiger partial charge in [0.1, 0.15) is 6.07 Å². The van der Waals surface area contributed by atoms with Gasteiger partial charge in [-0.2, -0.15) is 5.26 Å². The summed E-state index contributed by atoms with van der Waals surface area (Å²) in [5.41, 5.74) is 2.56. The Hall–Kier alpha value is -2.20. The molecule has 1 aromatic carbocycles. The van der Waals surface area contributed by atoms with Crippen molar-refractivity contribution in [2.24, 2.45) is 0 Å². The zero-order valence-corrected chi connectivity index (χ0v) is 17.0. The SMILES string of the molecule is C[C@@H]1CN(c2ccc(C#N)c3ncccc23)C[C@H](CN2CCN(C)C[C@@H]2C)O1. The molecular weight excluding hydrogens is 350 g/mol. The number of nitrogens with zero attached hydrogens (tertiary/aromatic N) is 5. The highest BCUT2D eigenvalue weighted by Crippen LogP contribution is 2.30. The fraction of sp³-hybridized carbons (Fsp3) is 0.545. The van der Waals surface area contributed by atoms with Crippen LogP contribution in [0.4, 0.5) is 5.69 Å². The van der Waals surface area contributed by atoms with Crippen molar-refractivity contribution in [3.05, 3.63) is 36.0 Å². The van der Waals surface area contributed by atoms with Gasteiger partial charge in [0.2, 0.25) is 0 Å². The Morgan fingerprint density at radius 1 is 1.18 bits per heavy atom. The third kappa shape index (κ3) is 3.83. The van der Waals surface area contributed by atoms with E-state index >= 15 is 0 Å². The molecule has 28 heavy (non-hydrogen) atoms. The molecule has 0 amide bonds. The van der Waals surface area contributed by atoms with Crippen molar-refractivity contribution >= 4 is 16.6 Å². The van der Waals surface area contributed by atoms with Crippen LogP contribution in [0.2, 0.25) is 0 Å². The number of benzene rings is 1. The molecule has 4 rings (SSSR count). The highest BCUT2D eigenvalue weighted by molar-refractivity contribution is 5.95. The van der Waals surface area contributed by atoms with E-state index in [0.29, 0.717) is 11.6 Å². The zero-order chi connectivity index (χ0) is 19.7. The molecule has 6 heteroatoms. The molecule has 2 aromatic rings. The van der Waals surface area contributed by atoms with E-state index in [1.807, 2.05) is 12.1 Å². The molecule has 3 heterocycles. The van der Waals surface area contributed by atoms with Crippen molar-refractivity contribution in [3.63, 3.8) is 0 Å². The Labute approximate surface area is 167 Å². The van der Waals surface area contributed by atoms with Crippen molar-refractivity contribution in [2.45, 2.75) is 32.1 Å². The quantitative estimate of drug-likeness (QED) is 0.816. The number of morpholine rings is 1. The van der Waals surface area contributed by atoms with Crippen LogP contribution in [0.5, 0.6) is 0 Å². The largest absolute Gasteiger partial charge is 0.370 e. The Morgan fingerprint density at radius 2 is 2.04 bits per heavy atom. The van der Waals surface area contributed by atoms with Crippen molar-refractivity contribution in [1.29, 1.82) is 5.26 Å². The normalized spacial score (nSPS) is 27.1. The first-order valence-electron chi connectivity index (χ1n) is 10.2. The summed E-state index contributed by atoms with van der Waals surface area (Å²) in [5.74, 6) is 0. The van der Waals surface area contributed by atoms with Gasteiger partial charge in [-0.15, -0.1) is 0 Å². The number of likely N-dealkylation sites (N-methyl/N-ethyl adjacent to an activating group) is 1. The van der Waals surface area contributed by atoms with E-state index in [1.54, 1.807) is 6.20 Å². The molecule has 0 N–H and O–H groups in total. The second kappa shape index (κ2) is 8.04. The van der Waals surface area contributed by atoms with E-state index in [4.69, 9.17) is 4.74 Å². The van der Waals surface area contributed by atoms with Gasteiger partial charge in [-0.3, -0.25) is 9.88 Å². The first kappa shape index (κ1) is 19.1. The maximum atomic E-state index is 9.41. The van der Waals surface area contributed by atoms with E-state index in [9.17, 15) is 5.26 Å². The van der Waals surface area contributed by atoms with Crippen LogP contribution < -0.4 is 4.90 Å². The van der Waals surface area contributed by atoms with Gasteiger partial charge in [0, 0.05) is 62.6 Å². The lowest BCUT2D eigenvalue weighted by Crippen LogP contribution is -2.56. The smallest absolute Gasteiger partial charge is 0.101 e. The minimum atomic E-state index is 0.170.